The fourth-order valence-electron chi connectivity index (χ4n) is 3.08. The third kappa shape index (κ3) is 5.69. The minimum Gasteiger partial charge on any atom is -0.492 e. The molecule has 1 heterocycles. The maximum Gasteiger partial charge on any atom is 0.265 e. The van der Waals surface area contributed by atoms with Gasteiger partial charge in [-0.3, -0.25) is 4.72 Å². The summed E-state index contributed by atoms with van der Waals surface area (Å²) < 4.78 is 58.1. The van der Waals surface area contributed by atoms with Crippen LogP contribution < -0.4 is 9.46 Å². The Morgan fingerprint density at radius 2 is 1.61 bits per heavy atom. The highest BCUT2D eigenvalue weighted by Gasteiger charge is 2.21. The molecule has 0 bridgehead atoms. The minimum atomic E-state index is -3.89. The van der Waals surface area contributed by atoms with Crippen molar-refractivity contribution in [3.05, 3.63) is 60.2 Å². The maximum atomic E-state index is 13.1. The number of sulfone groups is 1. The second kappa shape index (κ2) is 9.88. The Kier molecular flexibility index (Phi) is 7.38. The third-order valence-corrected chi connectivity index (χ3v) is 8.01. The number of rotatable bonds is 9. The van der Waals surface area contributed by atoms with E-state index in [-0.39, 0.29) is 21.6 Å². The summed E-state index contributed by atoms with van der Waals surface area (Å²) in [5, 5.41) is 7.72. The summed E-state index contributed by atoms with van der Waals surface area (Å²) in [6.45, 7) is 7.67. The molecule has 0 aliphatic carbocycles. The monoisotopic (exact) mass is 489 g/mol. The van der Waals surface area contributed by atoms with Crippen LogP contribution in [0.15, 0.2) is 64.5 Å². The molecule has 0 unspecified atom stereocenters. The molecule has 0 radical (unpaired) electrons. The number of nitrogens with zero attached hydrogens (tertiary/aromatic N) is 2. The van der Waals surface area contributed by atoms with E-state index in [4.69, 9.17) is 4.74 Å². The molecular formula is C23H27N3O5S2. The normalized spacial score (nSPS) is 12.0. The molecule has 0 saturated heterocycles. The van der Waals surface area contributed by atoms with Gasteiger partial charge in [-0.1, -0.05) is 39.0 Å². The molecule has 1 N–H and O–H groups in total. The van der Waals surface area contributed by atoms with Gasteiger partial charge in [0.1, 0.15) is 10.6 Å². The number of benzene rings is 2. The molecule has 10 heteroatoms. The van der Waals surface area contributed by atoms with Crippen molar-refractivity contribution < 1.29 is 21.6 Å². The molecule has 3 rings (SSSR count). The van der Waals surface area contributed by atoms with E-state index in [1.807, 2.05) is 19.9 Å². The van der Waals surface area contributed by atoms with Gasteiger partial charge in [0.2, 0.25) is 0 Å². The second-order valence-electron chi connectivity index (χ2n) is 7.64. The van der Waals surface area contributed by atoms with Crippen LogP contribution in [0.2, 0.25) is 0 Å². The molecule has 0 saturated carbocycles. The lowest BCUT2D eigenvalue weighted by atomic mass is 10.0. The first-order valence-electron chi connectivity index (χ1n) is 10.5. The Balaban J connectivity index is 1.86. The number of ether oxygens (including phenoxy) is 1. The van der Waals surface area contributed by atoms with Crippen LogP contribution in [0.4, 0.5) is 5.69 Å². The zero-order valence-corrected chi connectivity index (χ0v) is 20.6. The summed E-state index contributed by atoms with van der Waals surface area (Å²) in [5.74, 6) is 0.401. The Bertz CT molecular complexity index is 1320. The molecule has 0 atom stereocenters. The molecule has 33 heavy (non-hydrogen) atoms. The van der Waals surface area contributed by atoms with Gasteiger partial charge in [-0.05, 0) is 54.8 Å². The first-order chi connectivity index (χ1) is 15.6. The lowest BCUT2D eigenvalue weighted by Crippen LogP contribution is -2.15. The molecule has 0 aliphatic heterocycles. The van der Waals surface area contributed by atoms with Crippen LogP contribution in [0, 0.1) is 0 Å². The number of nitrogens with one attached hydrogen (secondary N) is 1. The fraction of sp³-hybridized carbons (Fsp3) is 0.304. The van der Waals surface area contributed by atoms with Crippen LogP contribution in [0.3, 0.4) is 0 Å². The number of hydrogen-bond donors (Lipinski definition) is 1. The zero-order chi connectivity index (χ0) is 24.2. The van der Waals surface area contributed by atoms with Crippen molar-refractivity contribution >= 4 is 25.5 Å². The van der Waals surface area contributed by atoms with E-state index in [0.29, 0.717) is 29.3 Å². The van der Waals surface area contributed by atoms with Crippen LogP contribution >= 0.6 is 0 Å². The minimum absolute atomic E-state index is 0.0546. The summed E-state index contributed by atoms with van der Waals surface area (Å²) in [7, 11) is -7.32. The Labute approximate surface area is 195 Å². The standard InChI is InChI=1S/C23H27N3O5S2/c1-5-31-21-13-9-18(16(3)4)15-22(21)33(29,30)26-19-10-7-17(8-11-19)20-12-14-23(25-24-20)32(27,28)6-2/h7-16,26H,5-6H2,1-4H3. The van der Waals surface area contributed by atoms with Gasteiger partial charge in [-0.15, -0.1) is 10.2 Å². The van der Waals surface area contributed by atoms with E-state index in [1.54, 1.807) is 56.3 Å². The zero-order valence-electron chi connectivity index (χ0n) is 18.9. The van der Waals surface area contributed by atoms with Gasteiger partial charge >= 0.3 is 0 Å². The van der Waals surface area contributed by atoms with Crippen molar-refractivity contribution in [1.29, 1.82) is 0 Å². The van der Waals surface area contributed by atoms with Crippen molar-refractivity contribution in [2.24, 2.45) is 0 Å². The molecule has 0 spiro atoms. The van der Waals surface area contributed by atoms with Crippen LogP contribution in [-0.4, -0.2) is 39.4 Å². The molecule has 0 fully saturated rings. The molecular weight excluding hydrogens is 462 g/mol. The summed E-state index contributed by atoms with van der Waals surface area (Å²) in [6, 6.07) is 14.7. The SMILES string of the molecule is CCOc1ccc(C(C)C)cc1S(=O)(=O)Nc1ccc(-c2ccc(S(=O)(=O)CC)nn2)cc1. The first-order valence-corrected chi connectivity index (χ1v) is 13.7. The van der Waals surface area contributed by atoms with E-state index >= 15 is 0 Å². The van der Waals surface area contributed by atoms with Crippen molar-refractivity contribution in [2.75, 3.05) is 17.1 Å². The molecule has 176 valence electrons. The lowest BCUT2D eigenvalue weighted by Gasteiger charge is -2.15. The van der Waals surface area contributed by atoms with Gasteiger partial charge in [0.25, 0.3) is 10.0 Å². The molecule has 1 aromatic heterocycles. The maximum absolute atomic E-state index is 13.1. The smallest absolute Gasteiger partial charge is 0.265 e. The largest absolute Gasteiger partial charge is 0.492 e. The molecule has 3 aromatic rings. The molecule has 0 amide bonds. The van der Waals surface area contributed by atoms with E-state index < -0.39 is 19.9 Å². The highest BCUT2D eigenvalue weighted by atomic mass is 32.2. The number of hydrogen-bond acceptors (Lipinski definition) is 7. The third-order valence-electron chi connectivity index (χ3n) is 5.00. The second-order valence-corrected chi connectivity index (χ2v) is 11.5. The topological polar surface area (TPSA) is 115 Å². The molecule has 8 nitrogen and oxygen atoms in total. The van der Waals surface area contributed by atoms with Crippen molar-refractivity contribution in [3.8, 4) is 17.0 Å². The quantitative estimate of drug-likeness (QED) is 0.477. The number of aromatic nitrogens is 2. The van der Waals surface area contributed by atoms with Gasteiger partial charge in [-0.25, -0.2) is 16.8 Å². The average molecular weight is 490 g/mol. The Morgan fingerprint density at radius 3 is 2.15 bits per heavy atom. The summed E-state index contributed by atoms with van der Waals surface area (Å²) in [6.07, 6.45) is 0. The van der Waals surface area contributed by atoms with E-state index in [1.165, 1.54) is 6.07 Å². The summed E-state index contributed by atoms with van der Waals surface area (Å²) in [5.41, 5.74) is 2.40. The summed E-state index contributed by atoms with van der Waals surface area (Å²) >= 11 is 0. The van der Waals surface area contributed by atoms with Gasteiger partial charge in [0.05, 0.1) is 18.1 Å². The first kappa shape index (κ1) is 24.7. The van der Waals surface area contributed by atoms with Crippen LogP contribution in [-0.2, 0) is 19.9 Å². The van der Waals surface area contributed by atoms with E-state index in [2.05, 4.69) is 14.9 Å². The van der Waals surface area contributed by atoms with E-state index in [9.17, 15) is 16.8 Å². The fourth-order valence-corrected chi connectivity index (χ4v) is 5.05. The predicted molar refractivity (Wildman–Crippen MR) is 128 cm³/mol. The highest BCUT2D eigenvalue weighted by molar-refractivity contribution is 7.92. The van der Waals surface area contributed by atoms with Gasteiger partial charge in [-0.2, -0.15) is 0 Å². The average Bonchev–Trinajstić information content (AvgIpc) is 2.79. The Hall–Kier alpha value is -2.98. The van der Waals surface area contributed by atoms with Gasteiger partial charge in [0, 0.05) is 11.3 Å². The van der Waals surface area contributed by atoms with Crippen molar-refractivity contribution in [1.82, 2.24) is 10.2 Å². The molecule has 0 aliphatic rings. The van der Waals surface area contributed by atoms with Gasteiger partial charge in [0.15, 0.2) is 14.9 Å². The van der Waals surface area contributed by atoms with Crippen molar-refractivity contribution in [2.45, 2.75) is 43.5 Å². The summed E-state index contributed by atoms with van der Waals surface area (Å²) in [4.78, 5) is 0.0817. The predicted octanol–water partition coefficient (Wildman–Crippen LogP) is 4.26. The van der Waals surface area contributed by atoms with Crippen LogP contribution in [0.25, 0.3) is 11.3 Å². The van der Waals surface area contributed by atoms with Gasteiger partial charge < -0.3 is 4.74 Å². The lowest BCUT2D eigenvalue weighted by molar-refractivity contribution is 0.331. The van der Waals surface area contributed by atoms with E-state index in [0.717, 1.165) is 5.56 Å². The highest BCUT2D eigenvalue weighted by Crippen LogP contribution is 2.30. The molecule has 2 aromatic carbocycles. The Morgan fingerprint density at radius 1 is 0.909 bits per heavy atom. The van der Waals surface area contributed by atoms with Crippen LogP contribution in [0.1, 0.15) is 39.2 Å². The number of anilines is 1. The number of sulfonamides is 1. The van der Waals surface area contributed by atoms with Crippen LogP contribution in [0.5, 0.6) is 5.75 Å². The van der Waals surface area contributed by atoms with Crippen molar-refractivity contribution in [3.63, 3.8) is 0 Å².